The maximum Gasteiger partial charge on any atom is 0.0272 e. The highest BCUT2D eigenvalue weighted by atomic mass is 32.1. The van der Waals surface area contributed by atoms with E-state index in [1.54, 1.807) is 0 Å². The van der Waals surface area contributed by atoms with Crippen molar-refractivity contribution in [3.05, 3.63) is 35.9 Å². The second-order valence-corrected chi connectivity index (χ2v) is 5.31. The van der Waals surface area contributed by atoms with Crippen molar-refractivity contribution < 1.29 is 0 Å². The fourth-order valence-corrected chi connectivity index (χ4v) is 2.09. The Morgan fingerprint density at radius 2 is 1.69 bits per heavy atom. The summed E-state index contributed by atoms with van der Waals surface area (Å²) in [5, 5.41) is 0.362. The molecule has 0 aromatic heterocycles. The van der Waals surface area contributed by atoms with Crippen molar-refractivity contribution in [3.8, 4) is 0 Å². The third-order valence-electron chi connectivity index (χ3n) is 1.99. The summed E-state index contributed by atoms with van der Waals surface area (Å²) in [4.78, 5) is 0. The van der Waals surface area contributed by atoms with Gasteiger partial charge in [-0.1, -0.05) is 51.1 Å². The lowest BCUT2D eigenvalue weighted by Gasteiger charge is -2.22. The van der Waals surface area contributed by atoms with Gasteiger partial charge in [0.25, 0.3) is 0 Å². The fraction of sp³-hybridized carbons (Fsp3) is 0.500. The lowest BCUT2D eigenvalue weighted by Crippen LogP contribution is -2.08. The monoisotopic (exact) mass is 194 g/mol. The first-order valence-electron chi connectivity index (χ1n) is 4.72. The van der Waals surface area contributed by atoms with Gasteiger partial charge in [-0.15, -0.1) is 0 Å². The van der Waals surface area contributed by atoms with Crippen molar-refractivity contribution in [2.45, 2.75) is 32.4 Å². The second kappa shape index (κ2) is 4.19. The molecule has 0 bridgehead atoms. The van der Waals surface area contributed by atoms with Gasteiger partial charge in [0, 0.05) is 5.25 Å². The summed E-state index contributed by atoms with van der Waals surface area (Å²) in [5.41, 5.74) is 1.67. The van der Waals surface area contributed by atoms with Gasteiger partial charge in [-0.2, -0.15) is 12.6 Å². The first-order chi connectivity index (χ1) is 5.99. The van der Waals surface area contributed by atoms with Crippen LogP contribution in [0.2, 0.25) is 0 Å². The number of benzene rings is 1. The molecule has 0 amide bonds. The number of rotatable bonds is 2. The van der Waals surface area contributed by atoms with Crippen LogP contribution in [0.15, 0.2) is 30.3 Å². The van der Waals surface area contributed by atoms with Crippen molar-refractivity contribution in [2.24, 2.45) is 5.41 Å². The minimum absolute atomic E-state index is 0.349. The molecule has 0 fully saturated rings. The zero-order valence-corrected chi connectivity index (χ0v) is 9.51. The van der Waals surface area contributed by atoms with Crippen LogP contribution in [0.3, 0.4) is 0 Å². The van der Waals surface area contributed by atoms with E-state index in [1.165, 1.54) is 5.56 Å². The minimum atomic E-state index is 0.349. The topological polar surface area (TPSA) is 0 Å². The zero-order valence-electron chi connectivity index (χ0n) is 8.62. The van der Waals surface area contributed by atoms with Crippen LogP contribution in [-0.2, 0) is 0 Å². The summed E-state index contributed by atoms with van der Waals surface area (Å²) in [6.45, 7) is 6.75. The molecule has 0 heterocycles. The molecule has 0 aliphatic heterocycles. The number of hydrogen-bond acceptors (Lipinski definition) is 1. The Morgan fingerprint density at radius 3 is 2.15 bits per heavy atom. The molecule has 0 saturated carbocycles. The van der Waals surface area contributed by atoms with E-state index in [2.05, 4.69) is 57.7 Å². The summed E-state index contributed by atoms with van der Waals surface area (Å²) in [7, 11) is 0. The molecule has 0 spiro atoms. The summed E-state index contributed by atoms with van der Waals surface area (Å²) in [6.07, 6.45) is 1.11. The van der Waals surface area contributed by atoms with Crippen molar-refractivity contribution >= 4 is 12.6 Å². The van der Waals surface area contributed by atoms with Gasteiger partial charge in [0.15, 0.2) is 0 Å². The van der Waals surface area contributed by atoms with Gasteiger partial charge >= 0.3 is 0 Å². The zero-order chi connectivity index (χ0) is 9.90. The van der Waals surface area contributed by atoms with E-state index in [9.17, 15) is 0 Å². The fourth-order valence-electron chi connectivity index (χ4n) is 1.37. The molecule has 0 N–H and O–H groups in total. The van der Waals surface area contributed by atoms with Crippen LogP contribution in [0.25, 0.3) is 0 Å². The first kappa shape index (κ1) is 10.6. The average molecular weight is 194 g/mol. The normalized spacial score (nSPS) is 14.2. The average Bonchev–Trinajstić information content (AvgIpc) is 2.03. The predicted octanol–water partition coefficient (Wildman–Crippen LogP) is 4.09. The first-order valence-corrected chi connectivity index (χ1v) is 5.24. The van der Waals surface area contributed by atoms with Gasteiger partial charge < -0.3 is 0 Å². The van der Waals surface area contributed by atoms with Gasteiger partial charge in [0.2, 0.25) is 0 Å². The quantitative estimate of drug-likeness (QED) is 0.673. The van der Waals surface area contributed by atoms with E-state index < -0.39 is 0 Å². The van der Waals surface area contributed by atoms with Gasteiger partial charge in [-0.05, 0) is 17.4 Å². The Hall–Kier alpha value is -0.430. The SMILES string of the molecule is CC(C)(C)CC(S)c1ccccc1. The highest BCUT2D eigenvalue weighted by Crippen LogP contribution is 2.33. The highest BCUT2D eigenvalue weighted by Gasteiger charge is 2.16. The Labute approximate surface area is 86.8 Å². The molecule has 1 heteroatoms. The third kappa shape index (κ3) is 3.86. The molecule has 1 rings (SSSR count). The van der Waals surface area contributed by atoms with Crippen LogP contribution in [0, 0.1) is 5.41 Å². The number of thiol groups is 1. The lowest BCUT2D eigenvalue weighted by atomic mass is 9.88. The van der Waals surface area contributed by atoms with Crippen LogP contribution in [0.5, 0.6) is 0 Å². The molecule has 0 radical (unpaired) electrons. The van der Waals surface area contributed by atoms with Crippen LogP contribution in [-0.4, -0.2) is 0 Å². The molecular formula is C12H18S. The van der Waals surface area contributed by atoms with E-state index in [0.717, 1.165) is 6.42 Å². The van der Waals surface area contributed by atoms with E-state index in [0.29, 0.717) is 10.7 Å². The summed E-state index contributed by atoms with van der Waals surface area (Å²) in [6, 6.07) is 10.5. The number of hydrogen-bond donors (Lipinski definition) is 1. The van der Waals surface area contributed by atoms with Gasteiger partial charge in [0.05, 0.1) is 0 Å². The van der Waals surface area contributed by atoms with Crippen LogP contribution in [0.4, 0.5) is 0 Å². The summed E-state index contributed by atoms with van der Waals surface area (Å²) < 4.78 is 0. The van der Waals surface area contributed by atoms with Crippen molar-refractivity contribution in [1.82, 2.24) is 0 Å². The Balaban J connectivity index is 2.64. The molecule has 1 aromatic carbocycles. The maximum atomic E-state index is 4.61. The molecular weight excluding hydrogens is 176 g/mol. The second-order valence-electron chi connectivity index (χ2n) is 4.69. The molecule has 0 aliphatic rings. The van der Waals surface area contributed by atoms with Crippen LogP contribution in [0.1, 0.15) is 38.0 Å². The van der Waals surface area contributed by atoms with Crippen molar-refractivity contribution in [3.63, 3.8) is 0 Å². The molecule has 72 valence electrons. The van der Waals surface area contributed by atoms with Gasteiger partial charge in [-0.25, -0.2) is 0 Å². The van der Waals surface area contributed by atoms with Gasteiger partial charge in [-0.3, -0.25) is 0 Å². The predicted molar refractivity (Wildman–Crippen MR) is 62.2 cm³/mol. The highest BCUT2D eigenvalue weighted by molar-refractivity contribution is 7.80. The van der Waals surface area contributed by atoms with Crippen LogP contribution < -0.4 is 0 Å². The van der Waals surface area contributed by atoms with E-state index in [-0.39, 0.29) is 0 Å². The van der Waals surface area contributed by atoms with E-state index >= 15 is 0 Å². The minimum Gasteiger partial charge on any atom is -0.171 e. The van der Waals surface area contributed by atoms with Gasteiger partial charge in [0.1, 0.15) is 0 Å². The molecule has 1 unspecified atom stereocenters. The summed E-state index contributed by atoms with van der Waals surface area (Å²) in [5.74, 6) is 0. The van der Waals surface area contributed by atoms with Crippen molar-refractivity contribution in [2.75, 3.05) is 0 Å². The third-order valence-corrected chi connectivity index (χ3v) is 2.47. The summed E-state index contributed by atoms with van der Waals surface area (Å²) >= 11 is 4.61. The Bertz CT molecular complexity index is 246. The molecule has 0 saturated heterocycles. The van der Waals surface area contributed by atoms with Crippen molar-refractivity contribution in [1.29, 1.82) is 0 Å². The lowest BCUT2D eigenvalue weighted by molar-refractivity contribution is 0.375. The molecule has 1 atom stereocenters. The molecule has 0 aliphatic carbocycles. The Kier molecular flexibility index (Phi) is 3.43. The molecule has 0 nitrogen and oxygen atoms in total. The standard InChI is InChI=1S/C12H18S/c1-12(2,3)9-11(13)10-7-5-4-6-8-10/h4-8,11,13H,9H2,1-3H3. The molecule has 13 heavy (non-hydrogen) atoms. The van der Waals surface area contributed by atoms with E-state index in [4.69, 9.17) is 0 Å². The Morgan fingerprint density at radius 1 is 1.15 bits per heavy atom. The van der Waals surface area contributed by atoms with E-state index in [1.807, 2.05) is 6.07 Å². The largest absolute Gasteiger partial charge is 0.171 e. The van der Waals surface area contributed by atoms with Crippen LogP contribution >= 0.6 is 12.6 Å². The smallest absolute Gasteiger partial charge is 0.0272 e. The maximum absolute atomic E-state index is 4.61. The molecule has 1 aromatic rings.